The van der Waals surface area contributed by atoms with Crippen molar-refractivity contribution in [3.05, 3.63) is 64.6 Å². The molecule has 42 heavy (non-hydrogen) atoms. The molecule has 2 aromatic rings. The number of amides is 2. The number of anilines is 2. The van der Waals surface area contributed by atoms with Gasteiger partial charge in [-0.25, -0.2) is 14.4 Å². The average Bonchev–Trinajstić information content (AvgIpc) is 3.32. The summed E-state index contributed by atoms with van der Waals surface area (Å²) in [5.74, 6) is -0.912. The Balaban J connectivity index is 1.36. The molecule has 2 amide bonds. The Morgan fingerprint density at radius 2 is 2.00 bits per heavy atom. The van der Waals surface area contributed by atoms with E-state index in [1.54, 1.807) is 31.6 Å². The van der Waals surface area contributed by atoms with E-state index in [2.05, 4.69) is 21.1 Å². The molecule has 0 saturated carbocycles. The number of hydrogen-bond donors (Lipinski definition) is 3. The minimum Gasteiger partial charge on any atom is -0.383 e. The van der Waals surface area contributed by atoms with Gasteiger partial charge in [0, 0.05) is 43.2 Å². The number of methoxy groups -OCH3 is 1. The zero-order valence-corrected chi connectivity index (χ0v) is 24.2. The molecular weight excluding hydrogens is 541 g/mol. The lowest BCUT2D eigenvalue weighted by molar-refractivity contribution is -0.124. The number of nitrogens with zero attached hydrogens (tertiary/aromatic N) is 4. The largest absolute Gasteiger partial charge is 0.383 e. The van der Waals surface area contributed by atoms with E-state index in [1.165, 1.54) is 12.1 Å². The molecule has 0 spiro atoms. The van der Waals surface area contributed by atoms with Crippen LogP contribution in [0.1, 0.15) is 29.8 Å². The van der Waals surface area contributed by atoms with E-state index < -0.39 is 11.7 Å². The molecule has 12 heteroatoms. The van der Waals surface area contributed by atoms with E-state index in [4.69, 9.17) is 14.5 Å². The number of carbonyl (C=O) groups excluding carboxylic acids is 2. The minimum atomic E-state index is -0.478. The van der Waals surface area contributed by atoms with Crippen molar-refractivity contribution in [2.24, 2.45) is 15.9 Å². The second-order valence-corrected chi connectivity index (χ2v) is 10.6. The average molecular weight is 578 g/mol. The Morgan fingerprint density at radius 1 is 1.21 bits per heavy atom. The van der Waals surface area contributed by atoms with Crippen molar-refractivity contribution >= 4 is 41.1 Å². The summed E-state index contributed by atoms with van der Waals surface area (Å²) in [5.41, 5.74) is 7.55. The van der Waals surface area contributed by atoms with Gasteiger partial charge in [-0.3, -0.25) is 20.0 Å². The number of amidine groups is 1. The first-order valence-electron chi connectivity index (χ1n) is 13.9. The van der Waals surface area contributed by atoms with Gasteiger partial charge >= 0.3 is 0 Å². The maximum absolute atomic E-state index is 14.5. The predicted molar refractivity (Wildman–Crippen MR) is 160 cm³/mol. The summed E-state index contributed by atoms with van der Waals surface area (Å²) in [6, 6.07) is 9.62. The zero-order valence-electron chi connectivity index (χ0n) is 24.2. The second kappa shape index (κ2) is 12.7. The number of aliphatic imine (C=N–C) groups is 2. The van der Waals surface area contributed by atoms with Crippen LogP contribution in [0, 0.1) is 18.7 Å². The van der Waals surface area contributed by atoms with Crippen molar-refractivity contribution in [2.75, 3.05) is 56.8 Å². The summed E-state index contributed by atoms with van der Waals surface area (Å²) in [6.07, 6.45) is 1.54. The SMILES string of the molecule is COCC(C)NC(=O)C1CN2NC=NC(=Nc3cc(NC(=O)c4cc(F)cc(N5CCOCC5)c4)ccc3C)C2=C1C. The van der Waals surface area contributed by atoms with Crippen LogP contribution in [-0.2, 0) is 14.3 Å². The molecule has 3 heterocycles. The van der Waals surface area contributed by atoms with Crippen molar-refractivity contribution in [3.8, 4) is 0 Å². The van der Waals surface area contributed by atoms with Crippen molar-refractivity contribution < 1.29 is 23.5 Å². The first kappa shape index (κ1) is 29.2. The normalized spacial score (nSPS) is 19.9. The highest BCUT2D eigenvalue weighted by Crippen LogP contribution is 2.32. The van der Waals surface area contributed by atoms with Gasteiger partial charge in [-0.1, -0.05) is 6.07 Å². The molecular formula is C30H36FN7O4. The highest BCUT2D eigenvalue weighted by Gasteiger charge is 2.37. The quantitative estimate of drug-likeness (QED) is 0.441. The van der Waals surface area contributed by atoms with Crippen LogP contribution in [0.4, 0.5) is 21.5 Å². The third kappa shape index (κ3) is 6.44. The summed E-state index contributed by atoms with van der Waals surface area (Å²) in [7, 11) is 1.60. The number of rotatable bonds is 8. The van der Waals surface area contributed by atoms with Gasteiger partial charge in [0.15, 0.2) is 5.84 Å². The molecule has 2 aromatic carbocycles. The van der Waals surface area contributed by atoms with Gasteiger partial charge in [-0.2, -0.15) is 0 Å². The van der Waals surface area contributed by atoms with Crippen LogP contribution in [0.2, 0.25) is 0 Å². The van der Waals surface area contributed by atoms with Gasteiger partial charge in [0.2, 0.25) is 5.91 Å². The smallest absolute Gasteiger partial charge is 0.255 e. The molecule has 2 unspecified atom stereocenters. The lowest BCUT2D eigenvalue weighted by Crippen LogP contribution is -2.44. The Bertz CT molecular complexity index is 1450. The molecule has 2 atom stereocenters. The topological polar surface area (TPSA) is 120 Å². The number of nitrogens with one attached hydrogen (secondary N) is 3. The van der Waals surface area contributed by atoms with Gasteiger partial charge in [0.05, 0.1) is 38.0 Å². The van der Waals surface area contributed by atoms with Gasteiger partial charge in [-0.15, -0.1) is 0 Å². The molecule has 0 radical (unpaired) electrons. The van der Waals surface area contributed by atoms with Gasteiger partial charge in [0.1, 0.15) is 17.9 Å². The first-order chi connectivity index (χ1) is 20.2. The summed E-state index contributed by atoms with van der Waals surface area (Å²) >= 11 is 0. The Morgan fingerprint density at radius 3 is 2.76 bits per heavy atom. The van der Waals surface area contributed by atoms with Gasteiger partial charge < -0.3 is 25.0 Å². The monoisotopic (exact) mass is 577 g/mol. The Labute approximate surface area is 244 Å². The first-order valence-corrected chi connectivity index (χ1v) is 13.9. The minimum absolute atomic E-state index is 0.0879. The Hall–Kier alpha value is -4.29. The fraction of sp³-hybridized carbons (Fsp3) is 0.400. The molecule has 3 aliphatic heterocycles. The molecule has 3 N–H and O–H groups in total. The molecule has 1 saturated heterocycles. The standard InChI is InChI=1S/C30H36FN7O4/c1-18-5-6-23(35-29(39)21-11-22(31)13-24(12-21)37-7-9-42-10-8-37)14-26(18)36-28-27-20(3)25(15-38(27)33-17-32-28)30(40)34-19(2)16-41-4/h5-6,11-14,17,19,25H,7-10,15-16H2,1-4H3,(H,34,40)(H,35,39)(H,32,33,36). The molecule has 1 fully saturated rings. The third-order valence-electron chi connectivity index (χ3n) is 7.48. The summed E-state index contributed by atoms with van der Waals surface area (Å²) < 4.78 is 25.0. The summed E-state index contributed by atoms with van der Waals surface area (Å²) in [6.45, 7) is 8.96. The van der Waals surface area contributed by atoms with Crippen molar-refractivity contribution in [3.63, 3.8) is 0 Å². The molecule has 0 aliphatic carbocycles. The number of benzene rings is 2. The zero-order chi connectivity index (χ0) is 29.8. The summed E-state index contributed by atoms with van der Waals surface area (Å²) in [5, 5.41) is 7.73. The predicted octanol–water partition coefficient (Wildman–Crippen LogP) is 3.16. The van der Waals surface area contributed by atoms with Crippen LogP contribution in [0.15, 0.2) is 57.7 Å². The third-order valence-corrected chi connectivity index (χ3v) is 7.48. The Kier molecular flexibility index (Phi) is 8.83. The van der Waals surface area contributed by atoms with Crippen molar-refractivity contribution in [1.82, 2.24) is 15.8 Å². The highest BCUT2D eigenvalue weighted by molar-refractivity contribution is 6.07. The van der Waals surface area contributed by atoms with Crippen LogP contribution in [0.3, 0.4) is 0 Å². The number of aryl methyl sites for hydroxylation is 1. The number of carbonyl (C=O) groups is 2. The van der Waals surface area contributed by atoms with E-state index in [-0.39, 0.29) is 23.4 Å². The van der Waals surface area contributed by atoms with Crippen LogP contribution < -0.4 is 21.0 Å². The maximum atomic E-state index is 14.5. The van der Waals surface area contributed by atoms with E-state index in [0.29, 0.717) is 62.4 Å². The number of hydrazine groups is 1. The molecule has 11 nitrogen and oxygen atoms in total. The number of halogens is 1. The van der Waals surface area contributed by atoms with Crippen LogP contribution in [0.5, 0.6) is 0 Å². The van der Waals surface area contributed by atoms with Crippen molar-refractivity contribution in [2.45, 2.75) is 26.8 Å². The molecule has 5 rings (SSSR count). The second-order valence-electron chi connectivity index (χ2n) is 10.6. The lowest BCUT2D eigenvalue weighted by Gasteiger charge is -2.29. The summed E-state index contributed by atoms with van der Waals surface area (Å²) in [4.78, 5) is 37.4. The van der Waals surface area contributed by atoms with Crippen LogP contribution in [-0.4, -0.2) is 81.6 Å². The molecule has 0 bridgehead atoms. The van der Waals surface area contributed by atoms with E-state index >= 15 is 0 Å². The van der Waals surface area contributed by atoms with Gasteiger partial charge in [-0.05, 0) is 62.2 Å². The van der Waals surface area contributed by atoms with E-state index in [1.807, 2.05) is 36.7 Å². The van der Waals surface area contributed by atoms with Crippen LogP contribution in [0.25, 0.3) is 0 Å². The number of morpholine rings is 1. The molecule has 3 aliphatic rings. The molecule has 222 valence electrons. The van der Waals surface area contributed by atoms with Crippen LogP contribution >= 0.6 is 0 Å². The number of hydrogen-bond acceptors (Lipinski definition) is 8. The fourth-order valence-corrected chi connectivity index (χ4v) is 5.25. The van der Waals surface area contributed by atoms with E-state index in [0.717, 1.165) is 16.8 Å². The maximum Gasteiger partial charge on any atom is 0.255 e. The fourth-order valence-electron chi connectivity index (χ4n) is 5.25. The highest BCUT2D eigenvalue weighted by atomic mass is 19.1. The van der Waals surface area contributed by atoms with Crippen molar-refractivity contribution in [1.29, 1.82) is 0 Å². The number of fused-ring (bicyclic) bond motifs is 1. The van der Waals surface area contributed by atoms with E-state index in [9.17, 15) is 14.0 Å². The number of ether oxygens (including phenoxy) is 2. The van der Waals surface area contributed by atoms with Gasteiger partial charge in [0.25, 0.3) is 5.91 Å². The lowest BCUT2D eigenvalue weighted by atomic mass is 10.0. The molecule has 0 aromatic heterocycles.